The van der Waals surface area contributed by atoms with Crippen molar-refractivity contribution in [3.63, 3.8) is 0 Å². The average molecular weight is 241 g/mol. The van der Waals surface area contributed by atoms with Crippen LogP contribution in [0.4, 0.5) is 0 Å². The zero-order chi connectivity index (χ0) is 12.7. The van der Waals surface area contributed by atoms with E-state index < -0.39 is 0 Å². The quantitative estimate of drug-likeness (QED) is 0.545. The number of nitrogens with one attached hydrogen (secondary N) is 1. The second-order valence-corrected chi connectivity index (χ2v) is 4.60. The van der Waals surface area contributed by atoms with E-state index in [1.54, 1.807) is 0 Å². The van der Waals surface area contributed by atoms with Crippen LogP contribution in [-0.2, 0) is 9.53 Å². The Labute approximate surface area is 103 Å². The lowest BCUT2D eigenvalue weighted by molar-refractivity contribution is -0.136. The Balaban J connectivity index is 2.49. The first-order chi connectivity index (χ1) is 8.17. The van der Waals surface area contributed by atoms with E-state index in [2.05, 4.69) is 5.32 Å². The van der Waals surface area contributed by atoms with Gasteiger partial charge in [-0.25, -0.2) is 4.79 Å². The number of esters is 1. The van der Waals surface area contributed by atoms with Crippen LogP contribution in [0, 0.1) is 0 Å². The standard InChI is InChI=1S/C13H23NO3/c1-3-11(12(16)17-2)6-9-14-13(10-15)7-4-5-8-13/h6,14-15H,3-5,7-10H2,1-2H3. The van der Waals surface area contributed by atoms with Crippen LogP contribution in [0.2, 0.25) is 0 Å². The molecule has 98 valence electrons. The molecule has 1 fully saturated rings. The summed E-state index contributed by atoms with van der Waals surface area (Å²) in [5, 5.41) is 12.8. The molecule has 0 saturated heterocycles. The van der Waals surface area contributed by atoms with E-state index in [-0.39, 0.29) is 18.1 Å². The van der Waals surface area contributed by atoms with E-state index in [0.29, 0.717) is 18.5 Å². The van der Waals surface area contributed by atoms with Gasteiger partial charge in [-0.2, -0.15) is 0 Å². The van der Waals surface area contributed by atoms with Crippen LogP contribution >= 0.6 is 0 Å². The van der Waals surface area contributed by atoms with Crippen molar-refractivity contribution in [1.82, 2.24) is 5.32 Å². The molecule has 0 aromatic heterocycles. The molecule has 0 radical (unpaired) electrons. The highest BCUT2D eigenvalue weighted by atomic mass is 16.5. The first-order valence-electron chi connectivity index (χ1n) is 6.30. The smallest absolute Gasteiger partial charge is 0.333 e. The fourth-order valence-electron chi connectivity index (χ4n) is 2.34. The number of rotatable bonds is 6. The fraction of sp³-hybridized carbons (Fsp3) is 0.769. The van der Waals surface area contributed by atoms with Gasteiger partial charge in [0.15, 0.2) is 0 Å². The third-order valence-electron chi connectivity index (χ3n) is 3.52. The van der Waals surface area contributed by atoms with Gasteiger partial charge in [-0.05, 0) is 19.3 Å². The van der Waals surface area contributed by atoms with E-state index in [1.807, 2.05) is 13.0 Å². The molecule has 0 aliphatic heterocycles. The molecule has 0 aromatic carbocycles. The highest BCUT2D eigenvalue weighted by molar-refractivity contribution is 5.88. The number of ether oxygens (including phenoxy) is 1. The first kappa shape index (κ1) is 14.2. The molecule has 1 aliphatic rings. The lowest BCUT2D eigenvalue weighted by Gasteiger charge is -2.27. The van der Waals surface area contributed by atoms with Crippen molar-refractivity contribution >= 4 is 5.97 Å². The van der Waals surface area contributed by atoms with Crippen molar-refractivity contribution in [3.8, 4) is 0 Å². The maximum atomic E-state index is 11.4. The molecular formula is C13H23NO3. The summed E-state index contributed by atoms with van der Waals surface area (Å²) in [6.07, 6.45) is 6.87. The van der Waals surface area contributed by atoms with Gasteiger partial charge in [0.2, 0.25) is 0 Å². The minimum Gasteiger partial charge on any atom is -0.466 e. The number of hydrogen-bond donors (Lipinski definition) is 2. The Morgan fingerprint density at radius 1 is 1.47 bits per heavy atom. The zero-order valence-corrected chi connectivity index (χ0v) is 10.8. The van der Waals surface area contributed by atoms with Crippen molar-refractivity contribution < 1.29 is 14.6 Å². The third-order valence-corrected chi connectivity index (χ3v) is 3.52. The molecule has 0 heterocycles. The summed E-state index contributed by atoms with van der Waals surface area (Å²) >= 11 is 0. The van der Waals surface area contributed by atoms with Crippen LogP contribution in [0.3, 0.4) is 0 Å². The molecule has 1 aliphatic carbocycles. The number of hydrogen-bond acceptors (Lipinski definition) is 4. The average Bonchev–Trinajstić information content (AvgIpc) is 2.83. The van der Waals surface area contributed by atoms with Crippen LogP contribution in [0.25, 0.3) is 0 Å². The minimum atomic E-state index is -0.265. The van der Waals surface area contributed by atoms with E-state index in [4.69, 9.17) is 4.74 Å². The van der Waals surface area contributed by atoms with Gasteiger partial charge in [-0.15, -0.1) is 0 Å². The SMILES string of the molecule is CCC(=CCNC1(CO)CCCC1)C(=O)OC. The molecular weight excluding hydrogens is 218 g/mol. The van der Waals surface area contributed by atoms with Gasteiger partial charge in [0.25, 0.3) is 0 Å². The molecule has 1 rings (SSSR count). The van der Waals surface area contributed by atoms with Crippen molar-refractivity contribution in [2.24, 2.45) is 0 Å². The number of carbonyl (C=O) groups excluding carboxylic acids is 1. The van der Waals surface area contributed by atoms with Gasteiger partial charge < -0.3 is 15.2 Å². The lowest BCUT2D eigenvalue weighted by Crippen LogP contribution is -2.46. The van der Waals surface area contributed by atoms with Gasteiger partial charge in [0, 0.05) is 17.7 Å². The predicted molar refractivity (Wildman–Crippen MR) is 66.7 cm³/mol. The summed E-state index contributed by atoms with van der Waals surface area (Å²) in [5.41, 5.74) is 0.553. The highest BCUT2D eigenvalue weighted by Gasteiger charge is 2.31. The van der Waals surface area contributed by atoms with Gasteiger partial charge in [0.1, 0.15) is 0 Å². The Morgan fingerprint density at radius 2 is 2.12 bits per heavy atom. The van der Waals surface area contributed by atoms with Gasteiger partial charge in [-0.1, -0.05) is 25.8 Å². The van der Waals surface area contributed by atoms with Crippen molar-refractivity contribution in [1.29, 1.82) is 0 Å². The van der Waals surface area contributed by atoms with Crippen molar-refractivity contribution in [2.75, 3.05) is 20.3 Å². The Bertz CT molecular complexity index is 280. The summed E-state index contributed by atoms with van der Waals surface area (Å²) in [6, 6.07) is 0. The number of methoxy groups -OCH3 is 1. The Hall–Kier alpha value is -0.870. The number of carbonyl (C=O) groups is 1. The van der Waals surface area contributed by atoms with Crippen LogP contribution in [0.1, 0.15) is 39.0 Å². The Morgan fingerprint density at radius 3 is 2.59 bits per heavy atom. The van der Waals surface area contributed by atoms with E-state index in [0.717, 1.165) is 25.7 Å². The van der Waals surface area contributed by atoms with Crippen LogP contribution in [-0.4, -0.2) is 36.9 Å². The molecule has 0 aromatic rings. The summed E-state index contributed by atoms with van der Waals surface area (Å²) in [7, 11) is 1.39. The maximum absolute atomic E-state index is 11.4. The molecule has 0 atom stereocenters. The topological polar surface area (TPSA) is 58.6 Å². The molecule has 0 amide bonds. The maximum Gasteiger partial charge on any atom is 0.333 e. The molecule has 1 saturated carbocycles. The monoisotopic (exact) mass is 241 g/mol. The van der Waals surface area contributed by atoms with Gasteiger partial charge in [0.05, 0.1) is 13.7 Å². The zero-order valence-electron chi connectivity index (χ0n) is 10.8. The summed E-state index contributed by atoms with van der Waals surface area (Å²) in [6.45, 7) is 2.71. The molecule has 0 unspecified atom stereocenters. The van der Waals surface area contributed by atoms with Crippen molar-refractivity contribution in [3.05, 3.63) is 11.6 Å². The second kappa shape index (κ2) is 6.77. The Kier molecular flexibility index (Phi) is 5.65. The van der Waals surface area contributed by atoms with Gasteiger partial charge >= 0.3 is 5.97 Å². The number of aliphatic hydroxyl groups excluding tert-OH is 1. The lowest BCUT2D eigenvalue weighted by atomic mass is 9.99. The molecule has 4 heteroatoms. The van der Waals surface area contributed by atoms with Gasteiger partial charge in [-0.3, -0.25) is 0 Å². The summed E-state index contributed by atoms with van der Waals surface area (Å²) < 4.78 is 4.69. The van der Waals surface area contributed by atoms with Crippen molar-refractivity contribution in [2.45, 2.75) is 44.6 Å². The minimum absolute atomic E-state index is 0.133. The molecule has 0 bridgehead atoms. The predicted octanol–water partition coefficient (Wildman–Crippen LogP) is 1.39. The van der Waals surface area contributed by atoms with E-state index in [9.17, 15) is 9.90 Å². The summed E-state index contributed by atoms with van der Waals surface area (Å²) in [4.78, 5) is 11.4. The normalized spacial score (nSPS) is 19.4. The number of aliphatic hydroxyl groups is 1. The van der Waals surface area contributed by atoms with E-state index in [1.165, 1.54) is 7.11 Å². The molecule has 17 heavy (non-hydrogen) atoms. The van der Waals surface area contributed by atoms with Crippen LogP contribution in [0.5, 0.6) is 0 Å². The van der Waals surface area contributed by atoms with Crippen LogP contribution in [0.15, 0.2) is 11.6 Å². The molecule has 0 spiro atoms. The highest BCUT2D eigenvalue weighted by Crippen LogP contribution is 2.28. The molecule has 4 nitrogen and oxygen atoms in total. The van der Waals surface area contributed by atoms with Crippen LogP contribution < -0.4 is 5.32 Å². The second-order valence-electron chi connectivity index (χ2n) is 4.60. The molecule has 2 N–H and O–H groups in total. The third kappa shape index (κ3) is 3.82. The van der Waals surface area contributed by atoms with E-state index >= 15 is 0 Å². The summed E-state index contributed by atoms with van der Waals surface area (Å²) in [5.74, 6) is -0.265. The largest absolute Gasteiger partial charge is 0.466 e. The fourth-order valence-corrected chi connectivity index (χ4v) is 2.34. The first-order valence-corrected chi connectivity index (χ1v) is 6.30.